The van der Waals surface area contributed by atoms with Crippen LogP contribution in [0.3, 0.4) is 0 Å². The second kappa shape index (κ2) is 4.93. The number of aromatic nitrogens is 3. The van der Waals surface area contributed by atoms with Gasteiger partial charge in [0.05, 0.1) is 11.8 Å². The number of nitrogens with zero attached hydrogens (tertiary/aromatic N) is 4. The Bertz CT molecular complexity index is 401. The second-order valence-electron chi connectivity index (χ2n) is 3.48. The minimum Gasteiger partial charge on any atom is -0.323 e. The van der Waals surface area contributed by atoms with E-state index in [9.17, 15) is 4.79 Å². The highest BCUT2D eigenvalue weighted by atomic mass is 35.5. The van der Waals surface area contributed by atoms with Gasteiger partial charge < -0.3 is 5.32 Å². The summed E-state index contributed by atoms with van der Waals surface area (Å²) in [6.45, 7) is 3.63. The Morgan fingerprint density at radius 3 is 2.94 bits per heavy atom. The van der Waals surface area contributed by atoms with Gasteiger partial charge in [0.25, 0.3) is 0 Å². The lowest BCUT2D eigenvalue weighted by molar-refractivity contribution is 0.152. The maximum absolute atomic E-state index is 10.7. The van der Waals surface area contributed by atoms with Gasteiger partial charge in [-0.25, -0.2) is 14.5 Å². The third-order valence-corrected chi connectivity index (χ3v) is 1.94. The van der Waals surface area contributed by atoms with Crippen molar-refractivity contribution in [3.05, 3.63) is 11.6 Å². The zero-order chi connectivity index (χ0) is 12.2. The highest BCUT2D eigenvalue weighted by Crippen LogP contribution is 2.11. The van der Waals surface area contributed by atoms with Gasteiger partial charge in [0.2, 0.25) is 5.28 Å². The molecule has 0 unspecified atom stereocenters. The molecule has 0 spiro atoms. The van der Waals surface area contributed by atoms with Crippen LogP contribution in [0.5, 0.6) is 0 Å². The zero-order valence-corrected chi connectivity index (χ0v) is 9.89. The number of carbonyl (C=O) groups is 1. The largest absolute Gasteiger partial charge is 0.433 e. The van der Waals surface area contributed by atoms with Crippen molar-refractivity contribution < 1.29 is 9.63 Å². The molecule has 1 rings (SSSR count). The van der Waals surface area contributed by atoms with Crippen LogP contribution in [0.1, 0.15) is 13.8 Å². The van der Waals surface area contributed by atoms with E-state index in [0.717, 1.165) is 0 Å². The molecule has 16 heavy (non-hydrogen) atoms. The number of hydrogen-bond acceptors (Lipinski definition) is 5. The van der Waals surface area contributed by atoms with Crippen molar-refractivity contribution in [1.82, 2.24) is 20.1 Å². The lowest BCUT2D eigenvalue weighted by Crippen LogP contribution is -2.29. The summed E-state index contributed by atoms with van der Waals surface area (Å²) >= 11 is 5.59. The number of hydrogen-bond donors (Lipinski definition) is 1. The summed E-state index contributed by atoms with van der Waals surface area (Å²) in [5, 5.41) is 9.87. The lowest BCUT2D eigenvalue weighted by Gasteiger charge is -2.18. The Labute approximate surface area is 97.4 Å². The van der Waals surface area contributed by atoms with Crippen LogP contribution in [-0.2, 0) is 10.4 Å². The van der Waals surface area contributed by atoms with E-state index < -0.39 is 11.6 Å². The number of rotatable bonds is 3. The van der Waals surface area contributed by atoms with Crippen LogP contribution < -0.4 is 5.32 Å². The fraction of sp³-hybridized carbons (Fsp3) is 0.500. The molecule has 1 aromatic rings. The number of nitrogens with one attached hydrogen (secondary N) is 1. The van der Waals surface area contributed by atoms with Gasteiger partial charge in [0.1, 0.15) is 6.33 Å². The van der Waals surface area contributed by atoms with Gasteiger partial charge in [0, 0.05) is 7.05 Å². The first kappa shape index (κ1) is 12.4. The van der Waals surface area contributed by atoms with Crippen LogP contribution in [0.2, 0.25) is 5.28 Å². The molecule has 0 saturated heterocycles. The van der Waals surface area contributed by atoms with E-state index in [4.69, 9.17) is 11.6 Å². The highest BCUT2D eigenvalue weighted by molar-refractivity contribution is 6.28. The van der Waals surface area contributed by atoms with E-state index in [1.165, 1.54) is 24.3 Å². The summed E-state index contributed by atoms with van der Waals surface area (Å²) in [5.41, 5.74) is -0.589. The Morgan fingerprint density at radius 2 is 2.44 bits per heavy atom. The Morgan fingerprint density at radius 1 is 1.75 bits per heavy atom. The first-order valence-corrected chi connectivity index (χ1v) is 4.84. The first-order chi connectivity index (χ1) is 7.45. The topological polar surface area (TPSA) is 81.4 Å². The zero-order valence-electron chi connectivity index (χ0n) is 9.14. The van der Waals surface area contributed by atoms with Gasteiger partial charge in [-0.1, -0.05) is 5.16 Å². The minimum atomic E-state index is -0.635. The van der Waals surface area contributed by atoms with Crippen LogP contribution >= 0.6 is 11.6 Å². The first-order valence-electron chi connectivity index (χ1n) is 4.46. The highest BCUT2D eigenvalue weighted by Gasteiger charge is 2.19. The van der Waals surface area contributed by atoms with Crippen LogP contribution in [0.25, 0.3) is 0 Å². The van der Waals surface area contributed by atoms with Gasteiger partial charge in [-0.2, -0.15) is 0 Å². The molecular formula is C8H12ClN5O2. The quantitative estimate of drug-likeness (QED) is 0.490. The summed E-state index contributed by atoms with van der Waals surface area (Å²) in [5.74, 6) is 0. The average Bonchev–Trinajstić information content (AvgIpc) is 2.65. The summed E-state index contributed by atoms with van der Waals surface area (Å²) in [6, 6.07) is 0. The normalized spacial score (nSPS) is 11.8. The van der Waals surface area contributed by atoms with Crippen molar-refractivity contribution in [3.63, 3.8) is 0 Å². The molecular weight excluding hydrogens is 234 g/mol. The van der Waals surface area contributed by atoms with Crippen LogP contribution in [0.4, 0.5) is 4.79 Å². The van der Waals surface area contributed by atoms with E-state index in [0.29, 0.717) is 0 Å². The van der Waals surface area contributed by atoms with Crippen LogP contribution in [-0.4, -0.2) is 34.1 Å². The van der Waals surface area contributed by atoms with Gasteiger partial charge in [0.15, 0.2) is 0 Å². The minimum absolute atomic E-state index is 0.147. The molecule has 0 saturated carbocycles. The van der Waals surface area contributed by atoms with E-state index in [1.54, 1.807) is 0 Å². The summed E-state index contributed by atoms with van der Waals surface area (Å²) < 4.78 is 1.51. The van der Waals surface area contributed by atoms with Crippen molar-refractivity contribution in [2.45, 2.75) is 19.4 Å². The molecule has 1 amide bonds. The van der Waals surface area contributed by atoms with E-state index in [-0.39, 0.29) is 5.28 Å². The molecule has 0 aliphatic heterocycles. The van der Waals surface area contributed by atoms with Crippen molar-refractivity contribution >= 4 is 23.9 Å². The molecule has 0 atom stereocenters. The number of oxime groups is 1. The Balaban J connectivity index is 2.68. The molecule has 7 nitrogen and oxygen atoms in total. The summed E-state index contributed by atoms with van der Waals surface area (Å²) in [7, 11) is 1.44. The van der Waals surface area contributed by atoms with E-state index >= 15 is 0 Å². The number of halogens is 1. The summed E-state index contributed by atoms with van der Waals surface area (Å²) in [4.78, 5) is 19.0. The van der Waals surface area contributed by atoms with E-state index in [1.807, 2.05) is 13.8 Å². The van der Waals surface area contributed by atoms with Gasteiger partial charge in [-0.3, -0.25) is 4.84 Å². The Hall–Kier alpha value is -1.63. The Kier molecular flexibility index (Phi) is 3.83. The molecule has 0 fully saturated rings. The maximum atomic E-state index is 10.7. The SMILES string of the molecule is CNC(=O)ON=CC(C)(C)n1cnc(Cl)n1. The van der Waals surface area contributed by atoms with Crippen molar-refractivity contribution in [2.75, 3.05) is 7.05 Å². The fourth-order valence-corrected chi connectivity index (χ4v) is 0.954. The average molecular weight is 246 g/mol. The summed E-state index contributed by atoms with van der Waals surface area (Å²) in [6.07, 6.45) is 2.25. The predicted molar refractivity (Wildman–Crippen MR) is 58.4 cm³/mol. The molecule has 88 valence electrons. The molecule has 1 heterocycles. The fourth-order valence-electron chi connectivity index (χ4n) is 0.829. The lowest BCUT2D eigenvalue weighted by atomic mass is 10.1. The van der Waals surface area contributed by atoms with Crippen LogP contribution in [0, 0.1) is 0 Å². The predicted octanol–water partition coefficient (Wildman–Crippen LogP) is 1.01. The molecule has 0 aliphatic carbocycles. The molecule has 0 aliphatic rings. The van der Waals surface area contributed by atoms with Crippen LogP contribution in [0.15, 0.2) is 11.5 Å². The number of carbonyl (C=O) groups excluding carboxylic acids is 1. The van der Waals surface area contributed by atoms with Gasteiger partial charge >= 0.3 is 6.09 Å². The third kappa shape index (κ3) is 3.20. The molecule has 8 heteroatoms. The van der Waals surface area contributed by atoms with Crippen molar-refractivity contribution in [3.8, 4) is 0 Å². The van der Waals surface area contributed by atoms with Crippen molar-refractivity contribution in [1.29, 1.82) is 0 Å². The third-order valence-electron chi connectivity index (χ3n) is 1.76. The second-order valence-corrected chi connectivity index (χ2v) is 3.81. The van der Waals surface area contributed by atoms with Gasteiger partial charge in [-0.05, 0) is 25.4 Å². The molecule has 1 N–H and O–H groups in total. The number of amides is 1. The molecule has 1 aromatic heterocycles. The van der Waals surface area contributed by atoms with Crippen molar-refractivity contribution in [2.24, 2.45) is 5.16 Å². The molecule has 0 aromatic carbocycles. The maximum Gasteiger partial charge on any atom is 0.433 e. The standard InChI is InChI=1S/C8H12ClN5O2/c1-8(2,4-12-16-7(15)10-3)14-5-11-6(9)13-14/h4-5H,1-3H3,(H,10,15). The smallest absolute Gasteiger partial charge is 0.323 e. The molecule has 0 radical (unpaired) electrons. The monoisotopic (exact) mass is 245 g/mol. The van der Waals surface area contributed by atoms with E-state index in [2.05, 4.69) is 25.4 Å². The van der Waals surface area contributed by atoms with Gasteiger partial charge in [-0.15, -0.1) is 5.10 Å². The molecule has 0 bridgehead atoms.